The van der Waals surface area contributed by atoms with Crippen LogP contribution in [-0.2, 0) is 12.7 Å². The Morgan fingerprint density at radius 3 is 2.51 bits per heavy atom. The minimum atomic E-state index is -4.66. The number of benzene rings is 2. The topological polar surface area (TPSA) is 132 Å². The van der Waals surface area contributed by atoms with Crippen molar-refractivity contribution in [3.63, 3.8) is 0 Å². The number of carbonyl (C=O) groups excluding carboxylic acids is 1. The van der Waals surface area contributed by atoms with Gasteiger partial charge < -0.3 is 23.6 Å². The third-order valence-electron chi connectivity index (χ3n) is 7.25. The van der Waals surface area contributed by atoms with Crippen LogP contribution in [0.2, 0.25) is 0 Å². The molecule has 0 spiro atoms. The largest absolute Gasteiger partial charge is 0.519 e. The number of hydrogen-bond donors (Lipinski definition) is 1. The fourth-order valence-corrected chi connectivity index (χ4v) is 4.88. The normalized spacial score (nSPS) is 11.4. The zero-order chi connectivity index (χ0) is 33.3. The monoisotopic (exact) mass is 641 g/mol. The standard InChI is InChI=1S/C33H26F3N7O4/c1-19-6-7-22(30(44)40-25-12-24(33(34,35)36)13-26(14-25)42-16-20(2)39-18-42)11-28(19)43(17-29-21(3)46-32(45)47-29)31-38-10-8-27(41-31)23-5-4-9-37-15-23/h4-16,18H,17H2,1-3H3,(H,40,44). The quantitative estimate of drug-likeness (QED) is 0.190. The van der Waals surface area contributed by atoms with E-state index >= 15 is 0 Å². The Labute approximate surface area is 265 Å². The van der Waals surface area contributed by atoms with E-state index in [2.05, 4.69) is 20.3 Å². The van der Waals surface area contributed by atoms with E-state index in [9.17, 15) is 22.8 Å². The van der Waals surface area contributed by atoms with Crippen molar-refractivity contribution < 1.29 is 26.8 Å². The maximum atomic E-state index is 13.8. The number of halogens is 3. The van der Waals surface area contributed by atoms with E-state index in [4.69, 9.17) is 13.8 Å². The number of amides is 1. The van der Waals surface area contributed by atoms with Crippen LogP contribution in [0, 0.1) is 20.8 Å². The Morgan fingerprint density at radius 1 is 1.00 bits per heavy atom. The predicted octanol–water partition coefficient (Wildman–Crippen LogP) is 6.81. The third kappa shape index (κ3) is 6.81. The average Bonchev–Trinajstić information content (AvgIpc) is 3.63. The van der Waals surface area contributed by atoms with Crippen molar-refractivity contribution in [3.8, 4) is 16.9 Å². The van der Waals surface area contributed by atoms with Crippen molar-refractivity contribution in [2.75, 3.05) is 10.2 Å². The van der Waals surface area contributed by atoms with E-state index in [1.807, 2.05) is 6.07 Å². The molecule has 0 saturated heterocycles. The molecule has 0 fully saturated rings. The van der Waals surface area contributed by atoms with Crippen LogP contribution in [0.4, 0.5) is 30.5 Å². The zero-order valence-electron chi connectivity index (χ0n) is 25.2. The van der Waals surface area contributed by atoms with Crippen LogP contribution in [-0.4, -0.2) is 30.4 Å². The Hall–Kier alpha value is -6.05. The number of rotatable bonds is 8. The fraction of sp³-hybridized carbons (Fsp3) is 0.152. The SMILES string of the molecule is Cc1cn(-c2cc(NC(=O)c3ccc(C)c(N(Cc4oc(=O)oc4C)c4nccc(-c5cccnc5)n4)c3)cc(C(F)(F)F)c2)cn1. The van der Waals surface area contributed by atoms with Gasteiger partial charge in [0.2, 0.25) is 5.95 Å². The summed E-state index contributed by atoms with van der Waals surface area (Å²) in [7, 11) is 0. The van der Waals surface area contributed by atoms with Gasteiger partial charge in [-0.3, -0.25) is 9.78 Å². The smallest absolute Gasteiger partial charge is 0.396 e. The molecule has 47 heavy (non-hydrogen) atoms. The van der Waals surface area contributed by atoms with Crippen LogP contribution in [0.3, 0.4) is 0 Å². The highest BCUT2D eigenvalue weighted by Crippen LogP contribution is 2.34. The first-order valence-electron chi connectivity index (χ1n) is 14.2. The molecular weight excluding hydrogens is 615 g/mol. The molecule has 0 aliphatic rings. The molecular formula is C33H26F3N7O4. The summed E-state index contributed by atoms with van der Waals surface area (Å²) in [6, 6.07) is 13.4. The molecule has 0 aliphatic heterocycles. The third-order valence-corrected chi connectivity index (χ3v) is 7.25. The number of nitrogens with zero attached hydrogens (tertiary/aromatic N) is 6. The molecule has 4 aromatic heterocycles. The summed E-state index contributed by atoms with van der Waals surface area (Å²) < 4.78 is 53.3. The van der Waals surface area contributed by atoms with Gasteiger partial charge in [0.1, 0.15) is 5.76 Å². The van der Waals surface area contributed by atoms with Gasteiger partial charge >= 0.3 is 12.0 Å². The molecule has 0 aliphatic carbocycles. The number of nitrogens with one attached hydrogen (secondary N) is 1. The van der Waals surface area contributed by atoms with Crippen LogP contribution in [0.5, 0.6) is 0 Å². The molecule has 6 rings (SSSR count). The molecule has 0 unspecified atom stereocenters. The highest BCUT2D eigenvalue weighted by atomic mass is 19.4. The van der Waals surface area contributed by atoms with Crippen LogP contribution in [0.25, 0.3) is 16.9 Å². The number of anilines is 3. The van der Waals surface area contributed by atoms with Crippen molar-refractivity contribution in [3.05, 3.63) is 130 Å². The minimum absolute atomic E-state index is 0.0404. The molecule has 0 atom stereocenters. The number of alkyl halides is 3. The van der Waals surface area contributed by atoms with Gasteiger partial charge in [-0.15, -0.1) is 0 Å². The fourth-order valence-electron chi connectivity index (χ4n) is 4.88. The summed E-state index contributed by atoms with van der Waals surface area (Å²) >= 11 is 0. The first kappa shape index (κ1) is 31.0. The number of imidazole rings is 1. The molecule has 0 radical (unpaired) electrons. The summed E-state index contributed by atoms with van der Waals surface area (Å²) in [5, 5.41) is 2.60. The summed E-state index contributed by atoms with van der Waals surface area (Å²) in [6.07, 6.45) is 3.17. The molecule has 4 heterocycles. The molecule has 14 heteroatoms. The molecule has 1 amide bonds. The summed E-state index contributed by atoms with van der Waals surface area (Å²) in [6.45, 7) is 5.06. The Kier molecular flexibility index (Phi) is 8.16. The highest BCUT2D eigenvalue weighted by molar-refractivity contribution is 6.05. The van der Waals surface area contributed by atoms with Crippen molar-refractivity contribution in [1.82, 2.24) is 24.5 Å². The van der Waals surface area contributed by atoms with Gasteiger partial charge in [0, 0.05) is 53.0 Å². The summed E-state index contributed by atoms with van der Waals surface area (Å²) in [5.41, 5.74) is 2.42. The Morgan fingerprint density at radius 2 is 1.83 bits per heavy atom. The van der Waals surface area contributed by atoms with Crippen LogP contribution < -0.4 is 16.0 Å². The second-order valence-corrected chi connectivity index (χ2v) is 10.6. The van der Waals surface area contributed by atoms with E-state index < -0.39 is 23.5 Å². The van der Waals surface area contributed by atoms with E-state index in [0.29, 0.717) is 22.6 Å². The zero-order valence-corrected chi connectivity index (χ0v) is 25.2. The minimum Gasteiger partial charge on any atom is -0.396 e. The van der Waals surface area contributed by atoms with Gasteiger partial charge in [-0.05, 0) is 74.9 Å². The summed E-state index contributed by atoms with van der Waals surface area (Å²) in [5.74, 6) is -0.851. The van der Waals surface area contributed by atoms with E-state index in [0.717, 1.165) is 17.7 Å². The van der Waals surface area contributed by atoms with Gasteiger partial charge in [0.15, 0.2) is 5.76 Å². The number of aromatic nitrogens is 5. The van der Waals surface area contributed by atoms with E-state index in [1.165, 1.54) is 17.0 Å². The molecule has 2 aromatic carbocycles. The number of aryl methyl sites for hydroxylation is 3. The average molecular weight is 642 g/mol. The Bertz CT molecular complexity index is 2140. The molecule has 238 valence electrons. The van der Waals surface area contributed by atoms with Crippen LogP contribution in [0.15, 0.2) is 99.3 Å². The first-order valence-corrected chi connectivity index (χ1v) is 14.2. The lowest BCUT2D eigenvalue weighted by molar-refractivity contribution is -0.137. The highest BCUT2D eigenvalue weighted by Gasteiger charge is 2.32. The maximum Gasteiger partial charge on any atom is 0.519 e. The van der Waals surface area contributed by atoms with Crippen molar-refractivity contribution in [1.29, 1.82) is 0 Å². The van der Waals surface area contributed by atoms with Crippen molar-refractivity contribution in [2.45, 2.75) is 33.5 Å². The number of pyridine rings is 1. The lowest BCUT2D eigenvalue weighted by Gasteiger charge is -2.24. The van der Waals surface area contributed by atoms with Gasteiger partial charge in [0.05, 0.1) is 29.8 Å². The lowest BCUT2D eigenvalue weighted by atomic mass is 10.1. The Balaban J connectivity index is 1.39. The van der Waals surface area contributed by atoms with Crippen LogP contribution >= 0.6 is 0 Å². The van der Waals surface area contributed by atoms with E-state index in [-0.39, 0.29) is 41.0 Å². The molecule has 1 N–H and O–H groups in total. The van der Waals surface area contributed by atoms with Crippen molar-refractivity contribution in [2.24, 2.45) is 0 Å². The van der Waals surface area contributed by atoms with Gasteiger partial charge in [-0.2, -0.15) is 13.2 Å². The van der Waals surface area contributed by atoms with Gasteiger partial charge in [-0.25, -0.2) is 19.7 Å². The number of hydrogen-bond acceptors (Lipinski definition) is 9. The first-order chi connectivity index (χ1) is 22.4. The predicted molar refractivity (Wildman–Crippen MR) is 166 cm³/mol. The molecule has 6 aromatic rings. The van der Waals surface area contributed by atoms with Gasteiger partial charge in [0.25, 0.3) is 5.91 Å². The summed E-state index contributed by atoms with van der Waals surface area (Å²) in [4.78, 5) is 44.5. The lowest BCUT2D eigenvalue weighted by Crippen LogP contribution is -2.21. The number of carbonyl (C=O) groups is 1. The van der Waals surface area contributed by atoms with Gasteiger partial charge in [-0.1, -0.05) is 6.07 Å². The molecule has 0 saturated carbocycles. The van der Waals surface area contributed by atoms with Crippen molar-refractivity contribution >= 4 is 23.2 Å². The van der Waals surface area contributed by atoms with Crippen LogP contribution in [0.1, 0.15) is 38.7 Å². The molecule has 11 nitrogen and oxygen atoms in total. The second-order valence-electron chi connectivity index (χ2n) is 10.6. The molecule has 0 bridgehead atoms. The van der Waals surface area contributed by atoms with E-state index in [1.54, 1.807) is 80.8 Å². The maximum absolute atomic E-state index is 13.8. The second kappa shape index (κ2) is 12.4.